The van der Waals surface area contributed by atoms with Gasteiger partial charge in [0.1, 0.15) is 0 Å². The summed E-state index contributed by atoms with van der Waals surface area (Å²) in [7, 11) is 0. The van der Waals surface area contributed by atoms with Gasteiger partial charge < -0.3 is 9.13 Å². The van der Waals surface area contributed by atoms with E-state index < -0.39 is 0 Å². The number of fused-ring (bicyclic) bond motifs is 10. The first kappa shape index (κ1) is 28.1. The highest BCUT2D eigenvalue weighted by atomic mass is 15.0. The van der Waals surface area contributed by atoms with Crippen LogP contribution in [0.3, 0.4) is 0 Å². The molecular weight excluding hydrogens is 488 g/mol. The Morgan fingerprint density at radius 3 is 1.10 bits per heavy atom. The lowest BCUT2D eigenvalue weighted by atomic mass is 10.00. The average molecular weight is 535 g/mol. The molecule has 0 saturated heterocycles. The molecule has 0 unspecified atom stereocenters. The molecule has 4 heteroatoms. The second-order valence-corrected chi connectivity index (χ2v) is 10.8. The monoisotopic (exact) mass is 534 g/mol. The molecule has 5 heterocycles. The Labute approximate surface area is 240 Å². The second kappa shape index (κ2) is 11.6. The van der Waals surface area contributed by atoms with Gasteiger partial charge in [-0.05, 0) is 122 Å². The molecule has 5 rings (SSSR count). The van der Waals surface area contributed by atoms with Crippen LogP contribution in [0.15, 0.2) is 12.1 Å². The first-order valence-electron chi connectivity index (χ1n) is 15.7. The van der Waals surface area contributed by atoms with Crippen molar-refractivity contribution in [2.45, 2.75) is 107 Å². The number of hydrogen-bond acceptors (Lipinski definition) is 2. The third-order valence-electron chi connectivity index (χ3n) is 8.82. The Kier molecular flexibility index (Phi) is 8.16. The Balaban J connectivity index is 2.20. The van der Waals surface area contributed by atoms with Gasteiger partial charge in [0, 0.05) is 24.1 Å². The zero-order chi connectivity index (χ0) is 28.6. The summed E-state index contributed by atoms with van der Waals surface area (Å²) in [5, 5.41) is 0. The molecule has 0 amide bonds. The molecular formula is C36H46N4. The Morgan fingerprint density at radius 2 is 0.800 bits per heavy atom. The van der Waals surface area contributed by atoms with Gasteiger partial charge in [0.25, 0.3) is 0 Å². The lowest BCUT2D eigenvalue weighted by Crippen LogP contribution is -2.02. The van der Waals surface area contributed by atoms with Crippen molar-refractivity contribution in [2.75, 3.05) is 0 Å². The molecule has 0 atom stereocenters. The van der Waals surface area contributed by atoms with E-state index in [1.807, 2.05) is 0 Å². The quantitative estimate of drug-likeness (QED) is 0.199. The van der Waals surface area contributed by atoms with Crippen molar-refractivity contribution >= 4 is 46.4 Å². The Morgan fingerprint density at radius 1 is 0.450 bits per heavy atom. The van der Waals surface area contributed by atoms with Gasteiger partial charge in [0.15, 0.2) is 0 Å². The van der Waals surface area contributed by atoms with E-state index in [4.69, 9.17) is 9.97 Å². The van der Waals surface area contributed by atoms with Crippen LogP contribution in [0.25, 0.3) is 46.4 Å². The predicted octanol–water partition coefficient (Wildman–Crippen LogP) is 9.02. The van der Waals surface area contributed by atoms with E-state index in [9.17, 15) is 0 Å². The highest BCUT2D eigenvalue weighted by Gasteiger charge is 2.23. The van der Waals surface area contributed by atoms with Crippen LogP contribution < -0.4 is 0 Å². The maximum atomic E-state index is 5.02. The maximum absolute atomic E-state index is 5.02. The number of aromatic nitrogens is 4. The SMILES string of the molecule is CCc1cc2nc(c3nc(cc(CC)c4c(CC)c(CC)c(c5c(CC)c(CC)c1n5CC)n4CC)C=C3)C=C2. The average Bonchev–Trinajstić information content (AvgIpc) is 3.75. The van der Waals surface area contributed by atoms with Crippen molar-refractivity contribution < 1.29 is 0 Å². The molecule has 210 valence electrons. The summed E-state index contributed by atoms with van der Waals surface area (Å²) in [6.45, 7) is 20.4. The third-order valence-corrected chi connectivity index (χ3v) is 8.82. The third kappa shape index (κ3) is 4.36. The fraction of sp³-hybridized carbons (Fsp3) is 0.444. The van der Waals surface area contributed by atoms with E-state index >= 15 is 0 Å². The van der Waals surface area contributed by atoms with Crippen LogP contribution in [0.4, 0.5) is 0 Å². The first-order valence-corrected chi connectivity index (χ1v) is 15.7. The first-order chi connectivity index (χ1) is 19.5. The largest absolute Gasteiger partial charge is 0.339 e. The van der Waals surface area contributed by atoms with Crippen LogP contribution in [0.1, 0.15) is 112 Å². The molecule has 0 spiro atoms. The van der Waals surface area contributed by atoms with E-state index in [0.29, 0.717) is 0 Å². The number of rotatable bonds is 8. The van der Waals surface area contributed by atoms with Gasteiger partial charge in [-0.15, -0.1) is 0 Å². The molecule has 40 heavy (non-hydrogen) atoms. The maximum Gasteiger partial charge on any atom is 0.0894 e. The summed E-state index contributed by atoms with van der Waals surface area (Å²) in [4.78, 5) is 10.0. The highest BCUT2D eigenvalue weighted by molar-refractivity contribution is 5.94. The molecule has 4 nitrogen and oxygen atoms in total. The minimum absolute atomic E-state index is 0.943. The Hall–Kier alpha value is -3.40. The molecule has 2 aliphatic rings. The van der Waals surface area contributed by atoms with Crippen molar-refractivity contribution in [3.05, 3.63) is 68.3 Å². The van der Waals surface area contributed by atoms with E-state index in [1.165, 1.54) is 55.4 Å². The van der Waals surface area contributed by atoms with Gasteiger partial charge in [-0.25, -0.2) is 9.97 Å². The van der Waals surface area contributed by atoms with Crippen LogP contribution in [-0.2, 0) is 51.6 Å². The van der Waals surface area contributed by atoms with Gasteiger partial charge in [-0.1, -0.05) is 41.5 Å². The van der Waals surface area contributed by atoms with Gasteiger partial charge in [0.2, 0.25) is 0 Å². The molecule has 3 aromatic rings. The van der Waals surface area contributed by atoms with E-state index in [-0.39, 0.29) is 0 Å². The molecule has 0 aliphatic carbocycles. The standard InChI is InChI=1S/C36H46N4/c1-9-23-21-25-17-19-31(37-25)32-20-18-26(38-32)22-24(10-2)34-28(12-4)30(14-6)36(40(34)16-8)35-29(13-5)27(11-3)33(23)39(35)15-7/h17-22H,9-16H2,1-8H3. The number of aryl methyl sites for hydroxylation is 8. The summed E-state index contributed by atoms with van der Waals surface area (Å²) in [6.07, 6.45) is 14.6. The van der Waals surface area contributed by atoms with E-state index in [2.05, 4.69) is 101 Å². The van der Waals surface area contributed by atoms with Crippen molar-refractivity contribution in [1.29, 1.82) is 0 Å². The van der Waals surface area contributed by atoms with Crippen LogP contribution in [-0.4, -0.2) is 19.1 Å². The topological polar surface area (TPSA) is 35.6 Å². The van der Waals surface area contributed by atoms with Crippen molar-refractivity contribution in [3.8, 4) is 0 Å². The summed E-state index contributed by atoms with van der Waals surface area (Å²) < 4.78 is 5.29. The molecule has 0 N–H and O–H groups in total. The number of hydrogen-bond donors (Lipinski definition) is 0. The van der Waals surface area contributed by atoms with Crippen LogP contribution in [0.2, 0.25) is 0 Å². The zero-order valence-electron chi connectivity index (χ0n) is 25.9. The summed E-state index contributed by atoms with van der Waals surface area (Å²) in [5.74, 6) is 0. The molecule has 0 aromatic carbocycles. The fourth-order valence-corrected chi connectivity index (χ4v) is 7.11. The smallest absolute Gasteiger partial charge is 0.0894 e. The van der Waals surface area contributed by atoms with E-state index in [0.717, 1.165) is 74.4 Å². The summed E-state index contributed by atoms with van der Waals surface area (Å²) >= 11 is 0. The van der Waals surface area contributed by atoms with Gasteiger partial charge >= 0.3 is 0 Å². The van der Waals surface area contributed by atoms with Crippen molar-refractivity contribution in [1.82, 2.24) is 19.1 Å². The van der Waals surface area contributed by atoms with Crippen molar-refractivity contribution in [2.24, 2.45) is 0 Å². The van der Waals surface area contributed by atoms with E-state index in [1.54, 1.807) is 0 Å². The van der Waals surface area contributed by atoms with Gasteiger partial charge in [0.05, 0.1) is 33.8 Å². The van der Waals surface area contributed by atoms with Crippen LogP contribution in [0.5, 0.6) is 0 Å². The molecule has 3 aromatic heterocycles. The molecule has 8 bridgehead atoms. The lowest BCUT2D eigenvalue weighted by molar-refractivity contribution is 0.796. The normalized spacial score (nSPS) is 12.6. The molecule has 2 aliphatic heterocycles. The number of nitrogens with zero attached hydrogens (tertiary/aromatic N) is 4. The second-order valence-electron chi connectivity index (χ2n) is 10.8. The lowest BCUT2D eigenvalue weighted by Gasteiger charge is -2.11. The van der Waals surface area contributed by atoms with Crippen LogP contribution in [0, 0.1) is 0 Å². The molecule has 0 fully saturated rings. The molecule has 0 saturated carbocycles. The molecule has 0 radical (unpaired) electrons. The summed E-state index contributed by atoms with van der Waals surface area (Å²) in [6, 6.07) is 4.64. The fourth-order valence-electron chi connectivity index (χ4n) is 7.11. The van der Waals surface area contributed by atoms with Crippen LogP contribution >= 0.6 is 0 Å². The zero-order valence-corrected chi connectivity index (χ0v) is 25.9. The highest BCUT2D eigenvalue weighted by Crippen LogP contribution is 2.37. The summed E-state index contributed by atoms with van der Waals surface area (Å²) in [5.41, 5.74) is 18.4. The minimum Gasteiger partial charge on any atom is -0.339 e. The predicted molar refractivity (Wildman–Crippen MR) is 174 cm³/mol. The Bertz CT molecular complexity index is 1550. The van der Waals surface area contributed by atoms with Gasteiger partial charge in [-0.3, -0.25) is 0 Å². The van der Waals surface area contributed by atoms with Gasteiger partial charge in [-0.2, -0.15) is 0 Å². The van der Waals surface area contributed by atoms with Crippen molar-refractivity contribution in [3.63, 3.8) is 0 Å². The minimum atomic E-state index is 0.943.